The fourth-order valence-electron chi connectivity index (χ4n) is 2.81. The highest BCUT2D eigenvalue weighted by Crippen LogP contribution is 2.18. The molecular formula is C16H23ClF2N2O. The van der Waals surface area contributed by atoms with Crippen LogP contribution in [-0.4, -0.2) is 37.5 Å². The van der Waals surface area contributed by atoms with Crippen molar-refractivity contribution in [3.8, 4) is 0 Å². The van der Waals surface area contributed by atoms with Gasteiger partial charge in [0.25, 0.3) is 0 Å². The van der Waals surface area contributed by atoms with E-state index in [1.807, 2.05) is 11.9 Å². The van der Waals surface area contributed by atoms with E-state index in [4.69, 9.17) is 0 Å². The first-order valence-corrected chi connectivity index (χ1v) is 7.46. The van der Waals surface area contributed by atoms with Crippen LogP contribution in [0, 0.1) is 17.6 Å². The first-order chi connectivity index (χ1) is 10.1. The molecule has 1 aliphatic heterocycles. The Kier molecular flexibility index (Phi) is 7.76. The lowest BCUT2D eigenvalue weighted by molar-refractivity contribution is -0.132. The number of amides is 1. The molecule has 0 atom stereocenters. The second-order valence-electron chi connectivity index (χ2n) is 5.62. The topological polar surface area (TPSA) is 32.3 Å². The molecule has 1 N–H and O–H groups in total. The van der Waals surface area contributed by atoms with Gasteiger partial charge in [0, 0.05) is 19.5 Å². The average Bonchev–Trinajstić information content (AvgIpc) is 2.49. The molecule has 1 heterocycles. The smallest absolute Gasteiger partial charge is 0.222 e. The van der Waals surface area contributed by atoms with Gasteiger partial charge >= 0.3 is 0 Å². The van der Waals surface area contributed by atoms with Crippen LogP contribution in [0.15, 0.2) is 18.2 Å². The first-order valence-electron chi connectivity index (χ1n) is 7.46. The molecule has 1 fully saturated rings. The Morgan fingerprint density at radius 3 is 2.64 bits per heavy atom. The molecular weight excluding hydrogens is 310 g/mol. The Hall–Kier alpha value is -1.20. The Morgan fingerprint density at radius 1 is 1.32 bits per heavy atom. The Labute approximate surface area is 136 Å². The Balaban J connectivity index is 0.00000242. The zero-order valence-electron chi connectivity index (χ0n) is 12.8. The van der Waals surface area contributed by atoms with E-state index in [1.165, 1.54) is 6.07 Å². The third kappa shape index (κ3) is 5.21. The van der Waals surface area contributed by atoms with Crippen LogP contribution >= 0.6 is 12.4 Å². The quantitative estimate of drug-likeness (QED) is 0.899. The lowest BCUT2D eigenvalue weighted by atomic mass is 9.96. The van der Waals surface area contributed by atoms with Crippen LogP contribution in [0.5, 0.6) is 0 Å². The molecule has 22 heavy (non-hydrogen) atoms. The van der Waals surface area contributed by atoms with Gasteiger partial charge in [0.15, 0.2) is 0 Å². The molecule has 1 amide bonds. The van der Waals surface area contributed by atoms with Crippen molar-refractivity contribution in [2.24, 2.45) is 5.92 Å². The van der Waals surface area contributed by atoms with Crippen LogP contribution < -0.4 is 5.32 Å². The summed E-state index contributed by atoms with van der Waals surface area (Å²) in [6.07, 6.45) is 2.48. The van der Waals surface area contributed by atoms with Crippen LogP contribution in [-0.2, 0) is 11.2 Å². The maximum Gasteiger partial charge on any atom is 0.222 e. The largest absolute Gasteiger partial charge is 0.343 e. The van der Waals surface area contributed by atoms with Crippen molar-refractivity contribution in [1.29, 1.82) is 0 Å². The van der Waals surface area contributed by atoms with Gasteiger partial charge in [-0.2, -0.15) is 0 Å². The van der Waals surface area contributed by atoms with E-state index >= 15 is 0 Å². The van der Waals surface area contributed by atoms with Crippen LogP contribution in [0.4, 0.5) is 8.78 Å². The number of rotatable bonds is 5. The van der Waals surface area contributed by atoms with E-state index in [2.05, 4.69) is 5.32 Å². The molecule has 1 aromatic rings. The molecule has 0 aliphatic carbocycles. The molecule has 3 nitrogen and oxygen atoms in total. The third-order valence-electron chi connectivity index (χ3n) is 4.08. The van der Waals surface area contributed by atoms with Crippen molar-refractivity contribution in [2.75, 3.05) is 26.7 Å². The predicted molar refractivity (Wildman–Crippen MR) is 85.2 cm³/mol. The fraction of sp³-hybridized carbons (Fsp3) is 0.562. The van der Waals surface area contributed by atoms with Gasteiger partial charge in [0.1, 0.15) is 11.6 Å². The number of aryl methyl sites for hydroxylation is 1. The Morgan fingerprint density at radius 2 is 2.00 bits per heavy atom. The molecule has 2 rings (SSSR count). The zero-order valence-corrected chi connectivity index (χ0v) is 13.6. The summed E-state index contributed by atoms with van der Waals surface area (Å²) >= 11 is 0. The Bertz CT molecular complexity index is 491. The van der Waals surface area contributed by atoms with E-state index < -0.39 is 11.6 Å². The lowest BCUT2D eigenvalue weighted by Gasteiger charge is -2.32. The summed E-state index contributed by atoms with van der Waals surface area (Å²) in [6.45, 7) is 2.50. The molecule has 0 aromatic heterocycles. The van der Waals surface area contributed by atoms with Gasteiger partial charge in [-0.05, 0) is 62.5 Å². The first kappa shape index (κ1) is 18.8. The van der Waals surface area contributed by atoms with Gasteiger partial charge in [0.2, 0.25) is 5.91 Å². The number of carbonyl (C=O) groups excluding carboxylic acids is 1. The average molecular weight is 333 g/mol. The van der Waals surface area contributed by atoms with Gasteiger partial charge in [-0.15, -0.1) is 12.4 Å². The minimum atomic E-state index is -0.466. The highest BCUT2D eigenvalue weighted by molar-refractivity contribution is 5.85. The summed E-state index contributed by atoms with van der Waals surface area (Å²) in [6, 6.07) is 3.37. The summed E-state index contributed by atoms with van der Waals surface area (Å²) in [5, 5.41) is 3.16. The van der Waals surface area contributed by atoms with Crippen LogP contribution in [0.1, 0.15) is 24.8 Å². The highest BCUT2D eigenvalue weighted by Gasteiger charge is 2.22. The van der Waals surface area contributed by atoms with Crippen molar-refractivity contribution >= 4 is 18.3 Å². The molecule has 124 valence electrons. The van der Waals surface area contributed by atoms with Crippen molar-refractivity contribution < 1.29 is 13.6 Å². The van der Waals surface area contributed by atoms with Crippen molar-refractivity contribution in [3.63, 3.8) is 0 Å². The number of nitrogens with one attached hydrogen (secondary N) is 1. The maximum absolute atomic E-state index is 13.5. The zero-order chi connectivity index (χ0) is 15.2. The van der Waals surface area contributed by atoms with E-state index in [-0.39, 0.29) is 36.7 Å². The number of nitrogens with zero attached hydrogens (tertiary/aromatic N) is 1. The van der Waals surface area contributed by atoms with Gasteiger partial charge in [-0.25, -0.2) is 8.78 Å². The number of carbonyl (C=O) groups is 1. The van der Waals surface area contributed by atoms with E-state index in [9.17, 15) is 13.6 Å². The van der Waals surface area contributed by atoms with Gasteiger partial charge in [0.05, 0.1) is 0 Å². The molecule has 1 saturated heterocycles. The predicted octanol–water partition coefficient (Wildman–Crippen LogP) is 2.78. The summed E-state index contributed by atoms with van der Waals surface area (Å²) in [7, 11) is 1.94. The van der Waals surface area contributed by atoms with Crippen molar-refractivity contribution in [3.05, 3.63) is 35.4 Å². The number of hydrogen-bond acceptors (Lipinski definition) is 2. The molecule has 0 bridgehead atoms. The number of likely N-dealkylation sites (tertiary alicyclic amines) is 1. The number of hydrogen-bond donors (Lipinski definition) is 1. The standard InChI is InChI=1S/C16H22F2N2O.ClH/c1-19-11-12-6-8-20(9-7-12)16(21)5-2-13-10-14(17)3-4-15(13)18;/h3-4,10,12,19H,2,5-9,11H2,1H3;1H. The normalized spacial score (nSPS) is 15.5. The van der Waals surface area contributed by atoms with Crippen LogP contribution in [0.2, 0.25) is 0 Å². The monoisotopic (exact) mass is 332 g/mol. The summed E-state index contributed by atoms with van der Waals surface area (Å²) < 4.78 is 26.6. The molecule has 1 aliphatic rings. The van der Waals surface area contributed by atoms with E-state index in [1.54, 1.807) is 0 Å². The maximum atomic E-state index is 13.5. The van der Waals surface area contributed by atoms with Gasteiger partial charge in [-0.1, -0.05) is 0 Å². The minimum Gasteiger partial charge on any atom is -0.343 e. The molecule has 0 radical (unpaired) electrons. The number of benzene rings is 1. The fourth-order valence-corrected chi connectivity index (χ4v) is 2.81. The second-order valence-corrected chi connectivity index (χ2v) is 5.62. The lowest BCUT2D eigenvalue weighted by Crippen LogP contribution is -2.40. The molecule has 0 unspecified atom stereocenters. The molecule has 6 heteroatoms. The number of piperidine rings is 1. The van der Waals surface area contributed by atoms with E-state index in [0.29, 0.717) is 5.92 Å². The summed E-state index contributed by atoms with van der Waals surface area (Å²) in [5.41, 5.74) is 0.272. The summed E-state index contributed by atoms with van der Waals surface area (Å²) in [4.78, 5) is 14.0. The minimum absolute atomic E-state index is 0. The SMILES string of the molecule is CNCC1CCN(C(=O)CCc2cc(F)ccc2F)CC1.Cl. The van der Waals surface area contributed by atoms with Crippen LogP contribution in [0.25, 0.3) is 0 Å². The number of halogens is 3. The molecule has 0 spiro atoms. The van der Waals surface area contributed by atoms with Gasteiger partial charge < -0.3 is 10.2 Å². The highest BCUT2D eigenvalue weighted by atomic mass is 35.5. The van der Waals surface area contributed by atoms with E-state index in [0.717, 1.165) is 44.6 Å². The van der Waals surface area contributed by atoms with Crippen molar-refractivity contribution in [2.45, 2.75) is 25.7 Å². The molecule has 0 saturated carbocycles. The van der Waals surface area contributed by atoms with Crippen LogP contribution in [0.3, 0.4) is 0 Å². The van der Waals surface area contributed by atoms with Gasteiger partial charge in [-0.3, -0.25) is 4.79 Å². The second kappa shape index (κ2) is 9.06. The molecule has 1 aromatic carbocycles. The van der Waals surface area contributed by atoms with Crippen molar-refractivity contribution in [1.82, 2.24) is 10.2 Å². The summed E-state index contributed by atoms with van der Waals surface area (Å²) in [5.74, 6) is -0.259. The third-order valence-corrected chi connectivity index (χ3v) is 4.08.